The first-order valence-electron chi connectivity index (χ1n) is 7.08. The summed E-state index contributed by atoms with van der Waals surface area (Å²) in [6.45, 7) is 11.0. The van der Waals surface area contributed by atoms with Crippen molar-refractivity contribution in [1.82, 2.24) is 9.80 Å². The Hall–Kier alpha value is -0.410. The van der Waals surface area contributed by atoms with Crippen molar-refractivity contribution in [3.8, 4) is 0 Å². The molecule has 17 heavy (non-hydrogen) atoms. The molecule has 4 rings (SSSR count). The first-order chi connectivity index (χ1) is 8.09. The van der Waals surface area contributed by atoms with Crippen LogP contribution in [0.4, 0.5) is 0 Å². The van der Waals surface area contributed by atoms with Crippen molar-refractivity contribution in [2.45, 2.75) is 26.7 Å². The molecule has 0 amide bonds. The van der Waals surface area contributed by atoms with Crippen molar-refractivity contribution in [3.63, 3.8) is 0 Å². The fraction of sp³-hybridized carbons (Fsp3) is 0.929. The van der Waals surface area contributed by atoms with Crippen LogP contribution in [0.5, 0.6) is 0 Å². The van der Waals surface area contributed by atoms with Crippen molar-refractivity contribution in [1.29, 1.82) is 0 Å². The highest BCUT2D eigenvalue weighted by molar-refractivity contribution is 5.89. The van der Waals surface area contributed by atoms with Crippen LogP contribution in [0.15, 0.2) is 0 Å². The highest BCUT2D eigenvalue weighted by Gasteiger charge is 2.53. The number of hydrogen-bond acceptors (Lipinski definition) is 3. The van der Waals surface area contributed by atoms with E-state index in [4.69, 9.17) is 0 Å². The van der Waals surface area contributed by atoms with Gasteiger partial charge in [-0.25, -0.2) is 0 Å². The minimum atomic E-state index is -0.0120. The van der Waals surface area contributed by atoms with Gasteiger partial charge in [0.25, 0.3) is 0 Å². The minimum Gasteiger partial charge on any atom is -0.300 e. The third-order valence-corrected chi connectivity index (χ3v) is 4.84. The molecule has 0 aliphatic carbocycles. The van der Waals surface area contributed by atoms with Crippen LogP contribution in [-0.4, -0.2) is 54.9 Å². The fourth-order valence-electron chi connectivity index (χ4n) is 3.94. The summed E-state index contributed by atoms with van der Waals surface area (Å²) in [6, 6.07) is 0. The largest absolute Gasteiger partial charge is 0.300 e. The first-order valence-corrected chi connectivity index (χ1v) is 7.08. The molecule has 3 heteroatoms. The van der Waals surface area contributed by atoms with Crippen LogP contribution in [0.3, 0.4) is 0 Å². The van der Waals surface area contributed by atoms with Gasteiger partial charge < -0.3 is 9.80 Å². The quantitative estimate of drug-likeness (QED) is 0.736. The molecule has 0 aromatic rings. The third kappa shape index (κ3) is 1.93. The summed E-state index contributed by atoms with van der Waals surface area (Å²) < 4.78 is 0. The number of ketones is 1. The van der Waals surface area contributed by atoms with E-state index in [0.717, 1.165) is 32.6 Å². The molecule has 2 unspecified atom stereocenters. The molecule has 2 atom stereocenters. The SMILES string of the molecule is CC(C)CCC12CN3CCN(CC(C3)C1=O)C2. The molecule has 3 nitrogen and oxygen atoms in total. The number of rotatable bonds is 3. The maximum Gasteiger partial charge on any atom is 0.147 e. The maximum absolute atomic E-state index is 12.6. The lowest BCUT2D eigenvalue weighted by Crippen LogP contribution is -2.61. The lowest BCUT2D eigenvalue weighted by molar-refractivity contribution is -0.145. The molecule has 96 valence electrons. The van der Waals surface area contributed by atoms with E-state index in [1.165, 1.54) is 19.5 Å². The summed E-state index contributed by atoms with van der Waals surface area (Å²) in [5.41, 5.74) is -0.0120. The monoisotopic (exact) mass is 236 g/mol. The number of piperidine rings is 2. The Morgan fingerprint density at radius 3 is 2.35 bits per heavy atom. The lowest BCUT2D eigenvalue weighted by atomic mass is 9.68. The van der Waals surface area contributed by atoms with Gasteiger partial charge in [0, 0.05) is 45.2 Å². The topological polar surface area (TPSA) is 23.6 Å². The molecular weight excluding hydrogens is 212 g/mol. The van der Waals surface area contributed by atoms with E-state index in [-0.39, 0.29) is 5.41 Å². The molecule has 4 bridgehead atoms. The summed E-state index contributed by atoms with van der Waals surface area (Å²) in [4.78, 5) is 17.7. The number of carbonyl (C=O) groups is 1. The molecule has 4 saturated heterocycles. The van der Waals surface area contributed by atoms with Crippen LogP contribution < -0.4 is 0 Å². The second-order valence-electron chi connectivity index (χ2n) is 6.74. The van der Waals surface area contributed by atoms with E-state index in [1.807, 2.05) is 0 Å². The number of Topliss-reactive ketones (excluding diaryl/α,β-unsaturated/α-hetero) is 1. The van der Waals surface area contributed by atoms with E-state index < -0.39 is 0 Å². The van der Waals surface area contributed by atoms with Gasteiger partial charge in [-0.2, -0.15) is 0 Å². The Bertz CT molecular complexity index is 310. The summed E-state index contributed by atoms with van der Waals surface area (Å²) in [5.74, 6) is 1.61. The first kappa shape index (κ1) is 11.7. The van der Waals surface area contributed by atoms with Crippen LogP contribution in [0.1, 0.15) is 26.7 Å². The van der Waals surface area contributed by atoms with Crippen LogP contribution >= 0.6 is 0 Å². The maximum atomic E-state index is 12.6. The number of hydrogen-bond donors (Lipinski definition) is 0. The summed E-state index contributed by atoms with van der Waals surface area (Å²) in [7, 11) is 0. The van der Waals surface area contributed by atoms with Crippen LogP contribution in [0, 0.1) is 17.3 Å². The second-order valence-corrected chi connectivity index (χ2v) is 6.74. The Kier molecular flexibility index (Phi) is 2.79. The predicted molar refractivity (Wildman–Crippen MR) is 67.9 cm³/mol. The van der Waals surface area contributed by atoms with Gasteiger partial charge >= 0.3 is 0 Å². The average molecular weight is 236 g/mol. The zero-order valence-electron chi connectivity index (χ0n) is 11.1. The van der Waals surface area contributed by atoms with Crippen molar-refractivity contribution in [3.05, 3.63) is 0 Å². The van der Waals surface area contributed by atoms with Crippen LogP contribution in [0.2, 0.25) is 0 Å². The molecule has 0 spiro atoms. The molecule has 4 aliphatic heterocycles. The van der Waals surface area contributed by atoms with Crippen LogP contribution in [0.25, 0.3) is 0 Å². The Morgan fingerprint density at radius 1 is 1.24 bits per heavy atom. The second kappa shape index (κ2) is 4.06. The van der Waals surface area contributed by atoms with Gasteiger partial charge in [-0.05, 0) is 18.8 Å². The van der Waals surface area contributed by atoms with Crippen molar-refractivity contribution in [2.24, 2.45) is 17.3 Å². The number of fused-ring (bicyclic) bond motifs is 1. The Morgan fingerprint density at radius 2 is 1.82 bits per heavy atom. The van der Waals surface area contributed by atoms with Gasteiger partial charge in [0.05, 0.1) is 5.41 Å². The van der Waals surface area contributed by atoms with E-state index in [9.17, 15) is 4.79 Å². The normalized spacial score (nSPS) is 44.4. The molecule has 4 aliphatic rings. The Labute approximate surface area is 104 Å². The fourth-order valence-corrected chi connectivity index (χ4v) is 3.94. The standard InChI is InChI=1S/C14H24N2O/c1-11(2)3-4-14-9-15-5-6-16(10-14)8-12(7-15)13(14)17/h11-12H,3-10H2,1-2H3. The molecule has 0 N–H and O–H groups in total. The van der Waals surface area contributed by atoms with Crippen molar-refractivity contribution < 1.29 is 4.79 Å². The zero-order valence-corrected chi connectivity index (χ0v) is 11.1. The molecule has 0 aromatic heterocycles. The summed E-state index contributed by atoms with van der Waals surface area (Å²) in [5, 5.41) is 0. The van der Waals surface area contributed by atoms with Gasteiger partial charge in [-0.3, -0.25) is 4.79 Å². The zero-order chi connectivity index (χ0) is 12.0. The predicted octanol–water partition coefficient (Wildman–Crippen LogP) is 1.24. The lowest BCUT2D eigenvalue weighted by Gasteiger charge is -2.48. The van der Waals surface area contributed by atoms with Crippen molar-refractivity contribution >= 4 is 5.78 Å². The van der Waals surface area contributed by atoms with Crippen LogP contribution in [-0.2, 0) is 4.79 Å². The van der Waals surface area contributed by atoms with E-state index in [0.29, 0.717) is 17.6 Å². The molecular formula is C14H24N2O. The van der Waals surface area contributed by atoms with Gasteiger partial charge in [0.1, 0.15) is 5.78 Å². The molecule has 4 fully saturated rings. The molecule has 0 radical (unpaired) electrons. The summed E-state index contributed by atoms with van der Waals surface area (Å²) >= 11 is 0. The number of carbonyl (C=O) groups excluding carboxylic acids is 1. The third-order valence-electron chi connectivity index (χ3n) is 4.84. The molecule has 0 saturated carbocycles. The summed E-state index contributed by atoms with van der Waals surface area (Å²) in [6.07, 6.45) is 2.30. The highest BCUT2D eigenvalue weighted by atomic mass is 16.1. The van der Waals surface area contributed by atoms with Gasteiger partial charge in [0.2, 0.25) is 0 Å². The Balaban J connectivity index is 1.84. The number of nitrogens with zero attached hydrogens (tertiary/aromatic N) is 2. The van der Waals surface area contributed by atoms with Gasteiger partial charge in [-0.1, -0.05) is 13.8 Å². The smallest absolute Gasteiger partial charge is 0.147 e. The average Bonchev–Trinajstić information content (AvgIpc) is 2.51. The molecule has 0 aromatic carbocycles. The van der Waals surface area contributed by atoms with E-state index in [1.54, 1.807) is 0 Å². The van der Waals surface area contributed by atoms with E-state index >= 15 is 0 Å². The highest BCUT2D eigenvalue weighted by Crippen LogP contribution is 2.41. The molecule has 4 heterocycles. The van der Waals surface area contributed by atoms with Gasteiger partial charge in [0.15, 0.2) is 0 Å². The van der Waals surface area contributed by atoms with Crippen molar-refractivity contribution in [2.75, 3.05) is 39.3 Å². The van der Waals surface area contributed by atoms with Gasteiger partial charge in [-0.15, -0.1) is 0 Å². The minimum absolute atomic E-state index is 0.0120. The van der Waals surface area contributed by atoms with E-state index in [2.05, 4.69) is 23.6 Å².